The Balaban J connectivity index is 2.68. The van der Waals surface area contributed by atoms with Gasteiger partial charge in [-0.2, -0.15) is 0 Å². The smallest absolute Gasteiger partial charge is 0.235 e. The minimum absolute atomic E-state index is 0.0300. The van der Waals surface area contributed by atoms with Gasteiger partial charge in [0.25, 0.3) is 0 Å². The fourth-order valence-electron chi connectivity index (χ4n) is 0.926. The Morgan fingerprint density at radius 3 is 2.86 bits per heavy atom. The first-order valence-electron chi connectivity index (χ1n) is 3.90. The molecule has 5 heteroatoms. The van der Waals surface area contributed by atoms with E-state index >= 15 is 0 Å². The second kappa shape index (κ2) is 5.17. The van der Waals surface area contributed by atoms with E-state index in [1.165, 1.54) is 12.1 Å². The minimum Gasteiger partial charge on any atom is -0.351 e. The van der Waals surface area contributed by atoms with Crippen molar-refractivity contribution in [2.75, 3.05) is 5.88 Å². The first kappa shape index (κ1) is 11.3. The molecule has 0 unspecified atom stereocenters. The van der Waals surface area contributed by atoms with Gasteiger partial charge in [0.15, 0.2) is 0 Å². The molecule has 14 heavy (non-hydrogen) atoms. The van der Waals surface area contributed by atoms with Gasteiger partial charge < -0.3 is 5.32 Å². The summed E-state index contributed by atoms with van der Waals surface area (Å²) in [4.78, 5) is 10.8. The fraction of sp³-hybridized carbons (Fsp3) is 0.222. The monoisotopic (exact) mass is 235 g/mol. The number of amides is 1. The highest BCUT2D eigenvalue weighted by atomic mass is 35.5. The maximum absolute atomic E-state index is 12.9. The van der Waals surface area contributed by atoms with Crippen molar-refractivity contribution in [1.82, 2.24) is 5.32 Å². The van der Waals surface area contributed by atoms with E-state index in [1.807, 2.05) is 0 Å². The zero-order valence-electron chi connectivity index (χ0n) is 7.19. The van der Waals surface area contributed by atoms with Gasteiger partial charge >= 0.3 is 0 Å². The van der Waals surface area contributed by atoms with Crippen LogP contribution in [0.4, 0.5) is 4.39 Å². The van der Waals surface area contributed by atoms with Gasteiger partial charge in [-0.15, -0.1) is 11.6 Å². The first-order chi connectivity index (χ1) is 6.65. The van der Waals surface area contributed by atoms with Crippen LogP contribution in [0.15, 0.2) is 18.2 Å². The lowest BCUT2D eigenvalue weighted by Gasteiger charge is -2.05. The number of carbonyl (C=O) groups is 1. The van der Waals surface area contributed by atoms with Crippen LogP contribution in [0.5, 0.6) is 0 Å². The Hall–Kier alpha value is -0.800. The molecule has 1 aromatic carbocycles. The quantitative estimate of drug-likeness (QED) is 0.801. The van der Waals surface area contributed by atoms with Crippen LogP contribution in [-0.2, 0) is 11.3 Å². The molecule has 1 aromatic rings. The highest BCUT2D eigenvalue weighted by molar-refractivity contribution is 6.31. The van der Waals surface area contributed by atoms with Crippen molar-refractivity contribution in [1.29, 1.82) is 0 Å². The van der Waals surface area contributed by atoms with E-state index in [1.54, 1.807) is 6.07 Å². The number of alkyl halides is 1. The summed E-state index contributed by atoms with van der Waals surface area (Å²) in [5.41, 5.74) is 0.533. The predicted molar refractivity (Wildman–Crippen MR) is 54.0 cm³/mol. The number of halogens is 3. The number of hydrogen-bond donors (Lipinski definition) is 1. The van der Waals surface area contributed by atoms with E-state index in [4.69, 9.17) is 23.2 Å². The van der Waals surface area contributed by atoms with Crippen molar-refractivity contribution in [3.63, 3.8) is 0 Å². The molecule has 1 rings (SSSR count). The summed E-state index contributed by atoms with van der Waals surface area (Å²) in [5.74, 6) is -0.927. The van der Waals surface area contributed by atoms with Gasteiger partial charge in [0.1, 0.15) is 11.7 Å². The van der Waals surface area contributed by atoms with Crippen LogP contribution in [0.3, 0.4) is 0 Å². The molecule has 0 heterocycles. The number of rotatable bonds is 3. The molecule has 0 saturated carbocycles. The lowest BCUT2D eigenvalue weighted by atomic mass is 10.2. The lowest BCUT2D eigenvalue weighted by molar-refractivity contribution is -0.118. The van der Waals surface area contributed by atoms with Gasteiger partial charge in [-0.25, -0.2) is 4.39 Å². The van der Waals surface area contributed by atoms with Crippen LogP contribution < -0.4 is 5.32 Å². The normalized spacial score (nSPS) is 9.93. The van der Waals surface area contributed by atoms with Crippen molar-refractivity contribution in [3.8, 4) is 0 Å². The Labute approximate surface area is 91.0 Å². The van der Waals surface area contributed by atoms with Gasteiger partial charge in [0.05, 0.1) is 5.02 Å². The molecule has 0 bridgehead atoms. The second-order valence-corrected chi connectivity index (χ2v) is 3.27. The molecule has 76 valence electrons. The number of nitrogens with one attached hydrogen (secondary N) is 1. The summed E-state index contributed by atoms with van der Waals surface area (Å²) in [6.07, 6.45) is 0. The van der Waals surface area contributed by atoms with Gasteiger partial charge in [0.2, 0.25) is 5.91 Å². The molecule has 2 nitrogen and oxygen atoms in total. The fourth-order valence-corrected chi connectivity index (χ4v) is 1.21. The molecular formula is C9H8Cl2FNO. The molecule has 1 N–H and O–H groups in total. The molecule has 0 radical (unpaired) electrons. The van der Waals surface area contributed by atoms with Crippen molar-refractivity contribution in [2.45, 2.75) is 6.54 Å². The topological polar surface area (TPSA) is 29.1 Å². The summed E-state index contributed by atoms with van der Waals surface area (Å²) in [5, 5.41) is 2.52. The van der Waals surface area contributed by atoms with Gasteiger partial charge in [-0.1, -0.05) is 23.7 Å². The Morgan fingerprint density at radius 2 is 2.21 bits per heavy atom. The SMILES string of the molecule is O=C(CCl)NCc1cccc(F)c1Cl. The predicted octanol–water partition coefficient (Wildman–Crippen LogP) is 2.33. The van der Waals surface area contributed by atoms with Crippen LogP contribution >= 0.6 is 23.2 Å². The molecule has 0 aliphatic carbocycles. The number of benzene rings is 1. The molecule has 1 amide bonds. The zero-order chi connectivity index (χ0) is 10.6. The molecule has 0 fully saturated rings. The molecule has 0 spiro atoms. The second-order valence-electron chi connectivity index (χ2n) is 2.62. The Morgan fingerprint density at radius 1 is 1.50 bits per heavy atom. The van der Waals surface area contributed by atoms with Crippen molar-refractivity contribution < 1.29 is 9.18 Å². The van der Waals surface area contributed by atoms with E-state index in [-0.39, 0.29) is 23.4 Å². The number of hydrogen-bond acceptors (Lipinski definition) is 1. The van der Waals surface area contributed by atoms with Crippen LogP contribution in [-0.4, -0.2) is 11.8 Å². The maximum Gasteiger partial charge on any atom is 0.235 e. The van der Waals surface area contributed by atoms with Crippen molar-refractivity contribution >= 4 is 29.1 Å². The van der Waals surface area contributed by atoms with Gasteiger partial charge in [-0.05, 0) is 11.6 Å². The average Bonchev–Trinajstić information content (AvgIpc) is 2.20. The molecule has 0 aliphatic heterocycles. The van der Waals surface area contributed by atoms with E-state index in [0.29, 0.717) is 5.56 Å². The molecular weight excluding hydrogens is 228 g/mol. The van der Waals surface area contributed by atoms with E-state index in [9.17, 15) is 9.18 Å². The Kier molecular flexibility index (Phi) is 4.17. The zero-order valence-corrected chi connectivity index (χ0v) is 8.70. The summed E-state index contributed by atoms with van der Waals surface area (Å²) < 4.78 is 12.9. The molecule has 0 aliphatic rings. The van der Waals surface area contributed by atoms with E-state index in [2.05, 4.69) is 5.32 Å². The van der Waals surface area contributed by atoms with Crippen LogP contribution in [0, 0.1) is 5.82 Å². The summed E-state index contributed by atoms with van der Waals surface area (Å²) in [6, 6.07) is 4.43. The van der Waals surface area contributed by atoms with Crippen molar-refractivity contribution in [2.24, 2.45) is 0 Å². The highest BCUT2D eigenvalue weighted by Gasteiger charge is 2.06. The van der Waals surface area contributed by atoms with Crippen LogP contribution in [0.25, 0.3) is 0 Å². The Bertz CT molecular complexity index is 344. The minimum atomic E-state index is -0.496. The van der Waals surface area contributed by atoms with E-state index in [0.717, 1.165) is 0 Å². The maximum atomic E-state index is 12.9. The average molecular weight is 236 g/mol. The van der Waals surface area contributed by atoms with Crippen LogP contribution in [0.1, 0.15) is 5.56 Å². The molecule has 0 saturated heterocycles. The summed E-state index contributed by atoms with van der Waals surface area (Å²) >= 11 is 10.9. The van der Waals surface area contributed by atoms with E-state index < -0.39 is 5.82 Å². The van der Waals surface area contributed by atoms with Gasteiger partial charge in [0, 0.05) is 6.54 Å². The van der Waals surface area contributed by atoms with Crippen molar-refractivity contribution in [3.05, 3.63) is 34.6 Å². The summed E-state index contributed by atoms with van der Waals surface area (Å²) in [6.45, 7) is 0.183. The largest absolute Gasteiger partial charge is 0.351 e. The van der Waals surface area contributed by atoms with Gasteiger partial charge in [-0.3, -0.25) is 4.79 Å². The lowest BCUT2D eigenvalue weighted by Crippen LogP contribution is -2.23. The molecule has 0 aromatic heterocycles. The van der Waals surface area contributed by atoms with Crippen LogP contribution in [0.2, 0.25) is 5.02 Å². The summed E-state index contributed by atoms with van der Waals surface area (Å²) in [7, 11) is 0. The third-order valence-corrected chi connectivity index (χ3v) is 2.29. The highest BCUT2D eigenvalue weighted by Crippen LogP contribution is 2.19. The molecule has 0 atom stereocenters. The first-order valence-corrected chi connectivity index (χ1v) is 4.82. The number of carbonyl (C=O) groups excluding carboxylic acids is 1. The third kappa shape index (κ3) is 2.86. The standard InChI is InChI=1S/C9H8Cl2FNO/c10-4-8(14)13-5-6-2-1-3-7(12)9(6)11/h1-3H,4-5H2,(H,13,14). The third-order valence-electron chi connectivity index (χ3n) is 1.63.